The molecule has 0 fully saturated rings. The maximum Gasteiger partial charge on any atom is 0.171 e. The summed E-state index contributed by atoms with van der Waals surface area (Å²) in [5.74, 6) is 0. The lowest BCUT2D eigenvalue weighted by Gasteiger charge is -2.35. The summed E-state index contributed by atoms with van der Waals surface area (Å²) in [6.07, 6.45) is 5.76. The molecule has 0 radical (unpaired) electrons. The minimum absolute atomic E-state index is 0.232. The van der Waals surface area contributed by atoms with E-state index in [2.05, 4.69) is 51.7 Å². The molecule has 0 saturated heterocycles. The lowest BCUT2D eigenvalue weighted by Crippen LogP contribution is -2.44. The van der Waals surface area contributed by atoms with Gasteiger partial charge in [0.05, 0.1) is 6.04 Å². The van der Waals surface area contributed by atoms with Gasteiger partial charge in [0.1, 0.15) is 0 Å². The average Bonchev–Trinajstić information content (AvgIpc) is 3.20. The van der Waals surface area contributed by atoms with Crippen LogP contribution >= 0.6 is 34.9 Å². The molecule has 2 aromatic heterocycles. The molecule has 5 heteroatoms. The van der Waals surface area contributed by atoms with Crippen molar-refractivity contribution >= 4 is 46.1 Å². The highest BCUT2D eigenvalue weighted by Crippen LogP contribution is 2.39. The Bertz CT molecular complexity index is 739. The summed E-state index contributed by atoms with van der Waals surface area (Å²) in [5.41, 5.74) is 4.08. The third kappa shape index (κ3) is 2.64. The van der Waals surface area contributed by atoms with Crippen molar-refractivity contribution < 1.29 is 0 Å². The number of rotatable bonds is 2. The van der Waals surface area contributed by atoms with Crippen molar-refractivity contribution in [3.8, 4) is 0 Å². The van der Waals surface area contributed by atoms with E-state index in [-0.39, 0.29) is 6.04 Å². The summed E-state index contributed by atoms with van der Waals surface area (Å²) < 4.78 is 0. The molecule has 0 spiro atoms. The predicted octanol–water partition coefficient (Wildman–Crippen LogP) is 4.85. The van der Waals surface area contributed by atoms with Gasteiger partial charge in [0.15, 0.2) is 5.11 Å². The van der Waals surface area contributed by atoms with Crippen LogP contribution in [0.1, 0.15) is 35.1 Å². The van der Waals surface area contributed by atoms with E-state index >= 15 is 0 Å². The molecule has 0 unspecified atom stereocenters. The van der Waals surface area contributed by atoms with E-state index < -0.39 is 0 Å². The fourth-order valence-corrected chi connectivity index (χ4v) is 4.84. The van der Waals surface area contributed by atoms with Gasteiger partial charge in [0.25, 0.3) is 0 Å². The minimum Gasteiger partial charge on any atom is -0.351 e. The highest BCUT2D eigenvalue weighted by molar-refractivity contribution is 7.80. The van der Waals surface area contributed by atoms with Gasteiger partial charge in [0, 0.05) is 15.5 Å². The molecule has 22 heavy (non-hydrogen) atoms. The van der Waals surface area contributed by atoms with E-state index in [1.165, 1.54) is 33.0 Å². The quantitative estimate of drug-likeness (QED) is 0.762. The SMILES string of the molecule is S=C1NC2=C(CCCC2=Cc2cccs2)[C@H](c2cccs2)N1. The van der Waals surface area contributed by atoms with Crippen molar-refractivity contribution in [3.63, 3.8) is 0 Å². The van der Waals surface area contributed by atoms with Crippen molar-refractivity contribution in [3.05, 3.63) is 61.6 Å². The molecule has 112 valence electrons. The van der Waals surface area contributed by atoms with Crippen molar-refractivity contribution in [2.24, 2.45) is 0 Å². The Morgan fingerprint density at radius 3 is 2.77 bits per heavy atom. The number of allylic oxidation sites excluding steroid dienone is 1. The highest BCUT2D eigenvalue weighted by atomic mass is 32.1. The van der Waals surface area contributed by atoms with Crippen LogP contribution in [0.4, 0.5) is 0 Å². The summed E-state index contributed by atoms with van der Waals surface area (Å²) >= 11 is 9.02. The van der Waals surface area contributed by atoms with Gasteiger partial charge in [-0.3, -0.25) is 0 Å². The van der Waals surface area contributed by atoms with Crippen LogP contribution in [0.3, 0.4) is 0 Å². The number of thiophene rings is 2. The first-order valence-corrected chi connectivity index (χ1v) is 9.56. The lowest BCUT2D eigenvalue weighted by molar-refractivity contribution is 0.615. The molecular weight excluding hydrogens is 328 g/mol. The van der Waals surface area contributed by atoms with E-state index in [4.69, 9.17) is 12.2 Å². The fourth-order valence-electron chi connectivity index (χ4n) is 3.13. The van der Waals surface area contributed by atoms with Crippen molar-refractivity contribution in [2.75, 3.05) is 0 Å². The topological polar surface area (TPSA) is 24.1 Å². The van der Waals surface area contributed by atoms with E-state index in [0.29, 0.717) is 0 Å². The smallest absolute Gasteiger partial charge is 0.171 e. The second-order valence-electron chi connectivity index (χ2n) is 5.49. The van der Waals surface area contributed by atoms with Crippen LogP contribution in [0.5, 0.6) is 0 Å². The first kappa shape index (κ1) is 14.2. The molecule has 0 saturated carbocycles. The second-order valence-corrected chi connectivity index (χ2v) is 7.85. The zero-order valence-corrected chi connectivity index (χ0v) is 14.4. The van der Waals surface area contributed by atoms with Gasteiger partial charge in [-0.15, -0.1) is 22.7 Å². The van der Waals surface area contributed by atoms with E-state index in [9.17, 15) is 0 Å². The van der Waals surface area contributed by atoms with Gasteiger partial charge >= 0.3 is 0 Å². The maximum atomic E-state index is 5.45. The summed E-state index contributed by atoms with van der Waals surface area (Å²) in [7, 11) is 0. The molecule has 1 aliphatic heterocycles. The largest absolute Gasteiger partial charge is 0.351 e. The van der Waals surface area contributed by atoms with Crippen LogP contribution in [-0.4, -0.2) is 5.11 Å². The van der Waals surface area contributed by atoms with Crippen LogP contribution < -0.4 is 10.6 Å². The third-order valence-corrected chi connectivity index (χ3v) is 6.06. The molecule has 0 bridgehead atoms. The molecule has 0 amide bonds. The maximum absolute atomic E-state index is 5.45. The number of hydrogen-bond donors (Lipinski definition) is 2. The molecule has 3 heterocycles. The molecule has 2 N–H and O–H groups in total. The Hall–Kier alpha value is -1.43. The van der Waals surface area contributed by atoms with Gasteiger partial charge in [-0.05, 0) is 71.6 Å². The molecular formula is C17H16N2S3. The molecule has 2 aromatic rings. The zero-order valence-electron chi connectivity index (χ0n) is 12.0. The number of thiocarbonyl (C=S) groups is 1. The second kappa shape index (κ2) is 5.99. The number of hydrogen-bond acceptors (Lipinski definition) is 3. The Morgan fingerprint density at radius 2 is 2.00 bits per heavy atom. The zero-order chi connectivity index (χ0) is 14.9. The Balaban J connectivity index is 1.78. The van der Waals surface area contributed by atoms with Crippen LogP contribution in [0.15, 0.2) is 51.9 Å². The van der Waals surface area contributed by atoms with Gasteiger partial charge in [-0.2, -0.15) is 0 Å². The molecule has 1 aliphatic carbocycles. The summed E-state index contributed by atoms with van der Waals surface area (Å²) in [4.78, 5) is 2.65. The molecule has 2 aliphatic rings. The van der Waals surface area contributed by atoms with Crippen LogP contribution in [-0.2, 0) is 0 Å². The Kier molecular flexibility index (Phi) is 3.86. The van der Waals surface area contributed by atoms with Crippen LogP contribution in [0, 0.1) is 0 Å². The highest BCUT2D eigenvalue weighted by Gasteiger charge is 2.30. The van der Waals surface area contributed by atoms with Crippen LogP contribution in [0.2, 0.25) is 0 Å². The first-order chi connectivity index (χ1) is 10.8. The Morgan fingerprint density at radius 1 is 1.14 bits per heavy atom. The standard InChI is InChI=1S/C17H16N2S3/c20-17-18-15-11(10-12-5-2-8-21-12)4-1-6-13(15)16(19-17)14-7-3-9-22-14/h2-3,5,7-10,16H,1,4,6H2,(H2,18,19,20)/t16-/m1/s1. The average molecular weight is 345 g/mol. The number of nitrogens with one attached hydrogen (secondary N) is 2. The predicted molar refractivity (Wildman–Crippen MR) is 99.1 cm³/mol. The van der Waals surface area contributed by atoms with Crippen molar-refractivity contribution in [1.29, 1.82) is 0 Å². The first-order valence-electron chi connectivity index (χ1n) is 7.39. The van der Waals surface area contributed by atoms with Crippen LogP contribution in [0.25, 0.3) is 6.08 Å². The van der Waals surface area contributed by atoms with Crippen molar-refractivity contribution in [2.45, 2.75) is 25.3 Å². The van der Waals surface area contributed by atoms with Gasteiger partial charge in [-0.1, -0.05) is 12.1 Å². The summed E-state index contributed by atoms with van der Waals surface area (Å²) in [6.45, 7) is 0. The molecule has 0 aromatic carbocycles. The van der Waals surface area contributed by atoms with Gasteiger partial charge in [0.2, 0.25) is 0 Å². The van der Waals surface area contributed by atoms with Gasteiger partial charge < -0.3 is 10.6 Å². The van der Waals surface area contributed by atoms with E-state index in [1.807, 2.05) is 0 Å². The normalized spacial score (nSPS) is 23.2. The summed E-state index contributed by atoms with van der Waals surface area (Å²) in [6, 6.07) is 8.80. The molecule has 1 atom stereocenters. The van der Waals surface area contributed by atoms with E-state index in [0.717, 1.165) is 18.0 Å². The van der Waals surface area contributed by atoms with E-state index in [1.54, 1.807) is 22.7 Å². The third-order valence-electron chi connectivity index (χ3n) is 4.08. The lowest BCUT2D eigenvalue weighted by atomic mass is 9.85. The summed E-state index contributed by atoms with van der Waals surface area (Å²) in [5, 5.41) is 11.8. The molecule has 4 rings (SSSR count). The molecule has 2 nitrogen and oxygen atoms in total. The monoisotopic (exact) mass is 344 g/mol. The van der Waals surface area contributed by atoms with Crippen molar-refractivity contribution in [1.82, 2.24) is 10.6 Å². The Labute approximate surface area is 143 Å². The minimum atomic E-state index is 0.232. The fraction of sp³-hybridized carbons (Fsp3) is 0.235. The van der Waals surface area contributed by atoms with Gasteiger partial charge in [-0.25, -0.2) is 0 Å².